The van der Waals surface area contributed by atoms with Gasteiger partial charge in [-0.15, -0.1) is 0 Å². The highest BCUT2D eigenvalue weighted by Crippen LogP contribution is 2.28. The summed E-state index contributed by atoms with van der Waals surface area (Å²) in [6.07, 6.45) is 0.195. The molecule has 3 nitrogen and oxygen atoms in total. The van der Waals surface area contributed by atoms with E-state index >= 15 is 0 Å². The molecule has 1 unspecified atom stereocenters. The van der Waals surface area contributed by atoms with Gasteiger partial charge in [-0.3, -0.25) is 0 Å². The summed E-state index contributed by atoms with van der Waals surface area (Å²) in [4.78, 5) is 3.88. The van der Waals surface area contributed by atoms with E-state index < -0.39 is 17.7 Å². The summed E-state index contributed by atoms with van der Waals surface area (Å²) >= 11 is 0. The summed E-state index contributed by atoms with van der Waals surface area (Å²) in [7, 11) is 0. The Morgan fingerprint density at radius 3 is 2.67 bits per heavy atom. The molecular formula is C13H12F2N2O. The van der Waals surface area contributed by atoms with Gasteiger partial charge in [-0.25, -0.2) is 13.8 Å². The second-order valence-electron chi connectivity index (χ2n) is 4.06. The van der Waals surface area contributed by atoms with Gasteiger partial charge in [0.1, 0.15) is 23.6 Å². The van der Waals surface area contributed by atoms with E-state index in [1.54, 1.807) is 13.0 Å². The molecule has 0 bridgehead atoms. The van der Waals surface area contributed by atoms with Gasteiger partial charge in [0.2, 0.25) is 0 Å². The van der Waals surface area contributed by atoms with Crippen LogP contribution in [0.3, 0.4) is 0 Å². The van der Waals surface area contributed by atoms with Gasteiger partial charge < -0.3 is 10.8 Å². The number of halogens is 2. The molecule has 0 aliphatic rings. The van der Waals surface area contributed by atoms with Crippen molar-refractivity contribution in [3.63, 3.8) is 0 Å². The van der Waals surface area contributed by atoms with Crippen LogP contribution < -0.4 is 5.73 Å². The topological polar surface area (TPSA) is 59.1 Å². The van der Waals surface area contributed by atoms with Crippen LogP contribution in [0.25, 0.3) is 0 Å². The Kier molecular flexibility index (Phi) is 3.25. The maximum Gasteiger partial charge on any atom is 0.129 e. The molecule has 94 valence electrons. The number of hydrogen-bond donors (Lipinski definition) is 2. The zero-order valence-corrected chi connectivity index (χ0v) is 9.69. The molecule has 2 rings (SSSR count). The summed E-state index contributed by atoms with van der Waals surface area (Å²) in [6, 6.07) is 4.50. The van der Waals surface area contributed by atoms with Crippen molar-refractivity contribution in [2.45, 2.75) is 13.0 Å². The number of nitrogen functional groups attached to an aromatic ring is 1. The number of rotatable bonds is 2. The number of hydrogen-bond acceptors (Lipinski definition) is 3. The van der Waals surface area contributed by atoms with Crippen LogP contribution in [0.4, 0.5) is 14.6 Å². The van der Waals surface area contributed by atoms with Gasteiger partial charge in [-0.2, -0.15) is 0 Å². The van der Waals surface area contributed by atoms with Crippen LogP contribution in [0.15, 0.2) is 30.5 Å². The van der Waals surface area contributed by atoms with E-state index in [4.69, 9.17) is 5.73 Å². The molecular weight excluding hydrogens is 238 g/mol. The third-order valence-electron chi connectivity index (χ3n) is 2.63. The molecule has 0 spiro atoms. The molecule has 0 saturated carbocycles. The standard InChI is InChI=1S/C13H12F2N2O/c1-7-4-10(13(16)17-6-7)12(18)9-5-8(14)2-3-11(9)15/h2-6,12,18H,1H3,(H2,16,17). The van der Waals surface area contributed by atoms with Crippen molar-refractivity contribution in [2.75, 3.05) is 5.73 Å². The number of nitrogens with zero attached hydrogens (tertiary/aromatic N) is 1. The van der Waals surface area contributed by atoms with E-state index in [0.717, 1.165) is 23.8 Å². The molecule has 1 atom stereocenters. The number of aliphatic hydroxyl groups excluding tert-OH is 1. The summed E-state index contributed by atoms with van der Waals surface area (Å²) in [5.41, 5.74) is 6.51. The van der Waals surface area contributed by atoms with E-state index in [9.17, 15) is 13.9 Å². The lowest BCUT2D eigenvalue weighted by Gasteiger charge is -2.14. The molecule has 0 aliphatic heterocycles. The monoisotopic (exact) mass is 250 g/mol. The summed E-state index contributed by atoms with van der Waals surface area (Å²) < 4.78 is 26.6. The predicted molar refractivity (Wildman–Crippen MR) is 63.8 cm³/mol. The largest absolute Gasteiger partial charge is 0.383 e. The molecule has 18 heavy (non-hydrogen) atoms. The number of nitrogens with two attached hydrogens (primary N) is 1. The third-order valence-corrected chi connectivity index (χ3v) is 2.63. The molecule has 5 heteroatoms. The zero-order chi connectivity index (χ0) is 13.3. The Hall–Kier alpha value is -2.01. The summed E-state index contributed by atoms with van der Waals surface area (Å²) in [5.74, 6) is -1.22. The molecule has 3 N–H and O–H groups in total. The number of anilines is 1. The molecule has 1 heterocycles. The summed E-state index contributed by atoms with van der Waals surface area (Å²) in [5, 5.41) is 10.1. The lowest BCUT2D eigenvalue weighted by Crippen LogP contribution is -2.08. The van der Waals surface area contributed by atoms with Gasteiger partial charge >= 0.3 is 0 Å². The second kappa shape index (κ2) is 4.70. The van der Waals surface area contributed by atoms with E-state index in [1.165, 1.54) is 6.20 Å². The minimum absolute atomic E-state index is 0.0942. The number of aryl methyl sites for hydroxylation is 1. The van der Waals surface area contributed by atoms with Gasteiger partial charge in [0, 0.05) is 17.3 Å². The molecule has 2 aromatic rings. The lowest BCUT2D eigenvalue weighted by molar-refractivity contribution is 0.214. The van der Waals surface area contributed by atoms with Crippen LogP contribution in [0.1, 0.15) is 22.8 Å². The molecule has 0 saturated heterocycles. The molecule has 0 radical (unpaired) electrons. The zero-order valence-electron chi connectivity index (χ0n) is 9.69. The van der Waals surface area contributed by atoms with Gasteiger partial charge in [-0.05, 0) is 36.8 Å². The maximum absolute atomic E-state index is 13.6. The van der Waals surface area contributed by atoms with Crippen LogP contribution >= 0.6 is 0 Å². The Balaban J connectivity index is 2.50. The first-order valence-corrected chi connectivity index (χ1v) is 5.34. The SMILES string of the molecule is Cc1cnc(N)c(C(O)c2cc(F)ccc2F)c1. The number of pyridine rings is 1. The predicted octanol–water partition coefficient (Wildman–Crippen LogP) is 2.33. The average molecular weight is 250 g/mol. The maximum atomic E-state index is 13.6. The average Bonchev–Trinajstić information content (AvgIpc) is 2.34. The quantitative estimate of drug-likeness (QED) is 0.860. The minimum atomic E-state index is -1.34. The lowest BCUT2D eigenvalue weighted by atomic mass is 10.0. The van der Waals surface area contributed by atoms with E-state index in [0.29, 0.717) is 0 Å². The highest BCUT2D eigenvalue weighted by Gasteiger charge is 2.19. The van der Waals surface area contributed by atoms with Crippen LogP contribution in [0.2, 0.25) is 0 Å². The first-order chi connectivity index (χ1) is 8.49. The fraction of sp³-hybridized carbons (Fsp3) is 0.154. The number of aliphatic hydroxyl groups is 1. The smallest absolute Gasteiger partial charge is 0.129 e. The number of benzene rings is 1. The molecule has 0 aliphatic carbocycles. The van der Waals surface area contributed by atoms with Crippen molar-refractivity contribution in [3.05, 3.63) is 58.8 Å². The Bertz CT molecular complexity index is 536. The Labute approximate surface area is 103 Å². The van der Waals surface area contributed by atoms with Crippen molar-refractivity contribution in [3.8, 4) is 0 Å². The van der Waals surface area contributed by atoms with Crippen LogP contribution in [0, 0.1) is 18.6 Å². The first kappa shape index (κ1) is 12.4. The van der Waals surface area contributed by atoms with Gasteiger partial charge in [0.15, 0.2) is 0 Å². The van der Waals surface area contributed by atoms with Crippen LogP contribution in [-0.4, -0.2) is 10.1 Å². The molecule has 0 fully saturated rings. The second-order valence-corrected chi connectivity index (χ2v) is 4.06. The van der Waals surface area contributed by atoms with E-state index in [1.807, 2.05) is 0 Å². The Morgan fingerprint density at radius 1 is 1.22 bits per heavy atom. The van der Waals surface area contributed by atoms with Gasteiger partial charge in [0.25, 0.3) is 0 Å². The van der Waals surface area contributed by atoms with E-state index in [2.05, 4.69) is 4.98 Å². The first-order valence-electron chi connectivity index (χ1n) is 5.34. The van der Waals surface area contributed by atoms with Gasteiger partial charge in [-0.1, -0.05) is 0 Å². The van der Waals surface area contributed by atoms with Crippen molar-refractivity contribution >= 4 is 5.82 Å². The number of aromatic nitrogens is 1. The van der Waals surface area contributed by atoms with Crippen molar-refractivity contribution in [2.24, 2.45) is 0 Å². The van der Waals surface area contributed by atoms with Crippen molar-refractivity contribution < 1.29 is 13.9 Å². The fourth-order valence-corrected chi connectivity index (χ4v) is 1.71. The fourth-order valence-electron chi connectivity index (χ4n) is 1.71. The highest BCUT2D eigenvalue weighted by atomic mass is 19.1. The highest BCUT2D eigenvalue weighted by molar-refractivity contribution is 5.46. The summed E-state index contributed by atoms with van der Waals surface area (Å²) in [6.45, 7) is 1.77. The van der Waals surface area contributed by atoms with Crippen LogP contribution in [-0.2, 0) is 0 Å². The van der Waals surface area contributed by atoms with E-state index in [-0.39, 0.29) is 16.9 Å². The molecule has 1 aromatic heterocycles. The molecule has 1 aromatic carbocycles. The third kappa shape index (κ3) is 2.31. The Morgan fingerprint density at radius 2 is 1.94 bits per heavy atom. The van der Waals surface area contributed by atoms with Crippen molar-refractivity contribution in [1.82, 2.24) is 4.98 Å². The van der Waals surface area contributed by atoms with Gasteiger partial charge in [0.05, 0.1) is 0 Å². The van der Waals surface area contributed by atoms with Crippen LogP contribution in [0.5, 0.6) is 0 Å². The molecule has 0 amide bonds. The normalized spacial score (nSPS) is 12.4. The van der Waals surface area contributed by atoms with Crippen molar-refractivity contribution in [1.29, 1.82) is 0 Å². The minimum Gasteiger partial charge on any atom is -0.383 e.